The van der Waals surface area contributed by atoms with Gasteiger partial charge in [-0.25, -0.2) is 0 Å². The Morgan fingerprint density at radius 2 is 2.04 bits per heavy atom. The highest BCUT2D eigenvalue weighted by atomic mass is 35.5. The molecule has 24 heavy (non-hydrogen) atoms. The summed E-state index contributed by atoms with van der Waals surface area (Å²) in [4.78, 5) is 17.4. The Bertz CT molecular complexity index is 959. The van der Waals surface area contributed by atoms with E-state index in [0.717, 1.165) is 16.0 Å². The Labute approximate surface area is 149 Å². The van der Waals surface area contributed by atoms with Gasteiger partial charge in [-0.1, -0.05) is 35.1 Å². The molecule has 1 heterocycles. The summed E-state index contributed by atoms with van der Waals surface area (Å²) in [5, 5.41) is 0.523. The average Bonchev–Trinajstić information content (AvgIpc) is 2.93. The topological polar surface area (TPSA) is 43.6 Å². The lowest BCUT2D eigenvalue weighted by atomic mass is 10.2. The average molecular weight is 361 g/mol. The van der Waals surface area contributed by atoms with Gasteiger partial charge >= 0.3 is 0 Å². The van der Waals surface area contributed by atoms with Crippen molar-refractivity contribution in [2.45, 2.75) is 20.4 Å². The van der Waals surface area contributed by atoms with E-state index in [-0.39, 0.29) is 5.91 Å². The molecule has 0 fully saturated rings. The van der Waals surface area contributed by atoms with Gasteiger partial charge in [0, 0.05) is 17.1 Å². The maximum atomic E-state index is 12.5. The van der Waals surface area contributed by atoms with Crippen molar-refractivity contribution in [3.8, 4) is 5.75 Å². The summed E-state index contributed by atoms with van der Waals surface area (Å²) in [7, 11) is 0. The third-order valence-electron chi connectivity index (χ3n) is 3.55. The maximum Gasteiger partial charge on any atom is 0.279 e. The van der Waals surface area contributed by atoms with Gasteiger partial charge in [-0.05, 0) is 44.2 Å². The van der Waals surface area contributed by atoms with Crippen LogP contribution < -0.4 is 9.54 Å². The SMILES string of the molecule is CCOc1cccc2sc(=NC(=O)c3cccc(Cl)c3)n(CC)c12. The molecule has 6 heteroatoms. The molecule has 3 rings (SSSR count). The Morgan fingerprint density at radius 3 is 2.75 bits per heavy atom. The number of nitrogens with zero attached hydrogens (tertiary/aromatic N) is 2. The molecule has 124 valence electrons. The van der Waals surface area contributed by atoms with Crippen LogP contribution in [0.25, 0.3) is 10.2 Å². The molecule has 4 nitrogen and oxygen atoms in total. The van der Waals surface area contributed by atoms with E-state index in [1.807, 2.05) is 36.6 Å². The van der Waals surface area contributed by atoms with E-state index in [9.17, 15) is 4.79 Å². The van der Waals surface area contributed by atoms with Crippen LogP contribution in [0.1, 0.15) is 24.2 Å². The molecule has 2 aromatic carbocycles. The highest BCUT2D eigenvalue weighted by molar-refractivity contribution is 7.16. The summed E-state index contributed by atoms with van der Waals surface area (Å²) in [5.41, 5.74) is 1.46. The molecule has 0 N–H and O–H groups in total. The van der Waals surface area contributed by atoms with E-state index in [1.165, 1.54) is 11.3 Å². The minimum atomic E-state index is -0.302. The largest absolute Gasteiger partial charge is 0.492 e. The molecule has 1 aromatic heterocycles. The standard InChI is InChI=1S/C18H17ClN2O2S/c1-3-21-16-14(23-4-2)9-6-10-15(16)24-18(21)20-17(22)12-7-5-8-13(19)11-12/h5-11H,3-4H2,1-2H3. The van der Waals surface area contributed by atoms with E-state index in [2.05, 4.69) is 4.99 Å². The van der Waals surface area contributed by atoms with Crippen molar-refractivity contribution in [1.29, 1.82) is 0 Å². The summed E-state index contributed by atoms with van der Waals surface area (Å²) in [6.07, 6.45) is 0. The first-order valence-electron chi connectivity index (χ1n) is 7.73. The van der Waals surface area contributed by atoms with Crippen molar-refractivity contribution >= 4 is 39.1 Å². The molecule has 0 saturated carbocycles. The van der Waals surface area contributed by atoms with Crippen LogP contribution in [0.5, 0.6) is 5.75 Å². The van der Waals surface area contributed by atoms with Crippen molar-refractivity contribution in [2.24, 2.45) is 4.99 Å². The van der Waals surface area contributed by atoms with Crippen LogP contribution in [0.2, 0.25) is 5.02 Å². The first kappa shape index (κ1) is 16.7. The maximum absolute atomic E-state index is 12.5. The normalized spacial score (nSPS) is 11.9. The van der Waals surface area contributed by atoms with E-state index < -0.39 is 0 Å². The number of carbonyl (C=O) groups excluding carboxylic acids is 1. The third-order valence-corrected chi connectivity index (χ3v) is 4.83. The number of amides is 1. The minimum absolute atomic E-state index is 0.302. The number of ether oxygens (including phenoxy) is 1. The number of rotatable bonds is 4. The van der Waals surface area contributed by atoms with Gasteiger partial charge < -0.3 is 9.30 Å². The number of aromatic nitrogens is 1. The van der Waals surface area contributed by atoms with Crippen LogP contribution in [0.15, 0.2) is 47.5 Å². The fourth-order valence-corrected chi connectivity index (χ4v) is 3.82. The van der Waals surface area contributed by atoms with E-state index in [4.69, 9.17) is 16.3 Å². The molecular weight excluding hydrogens is 344 g/mol. The van der Waals surface area contributed by atoms with Crippen molar-refractivity contribution in [1.82, 2.24) is 4.57 Å². The van der Waals surface area contributed by atoms with Crippen molar-refractivity contribution < 1.29 is 9.53 Å². The molecule has 0 radical (unpaired) electrons. The molecule has 0 spiro atoms. The minimum Gasteiger partial charge on any atom is -0.492 e. The number of thiazole rings is 1. The van der Waals surface area contributed by atoms with Gasteiger partial charge in [0.05, 0.1) is 11.3 Å². The predicted octanol–water partition coefficient (Wildman–Crippen LogP) is 4.52. The quantitative estimate of drug-likeness (QED) is 0.686. The fraction of sp³-hybridized carbons (Fsp3) is 0.222. The van der Waals surface area contributed by atoms with Crippen LogP contribution in [0, 0.1) is 0 Å². The molecular formula is C18H17ClN2O2S. The fourth-order valence-electron chi connectivity index (χ4n) is 2.52. The molecule has 0 atom stereocenters. The molecule has 0 aliphatic heterocycles. The van der Waals surface area contributed by atoms with Crippen molar-refractivity contribution in [3.05, 3.63) is 57.9 Å². The summed E-state index contributed by atoms with van der Waals surface area (Å²) < 4.78 is 8.77. The zero-order valence-electron chi connectivity index (χ0n) is 13.5. The van der Waals surface area contributed by atoms with Gasteiger partial charge in [-0.3, -0.25) is 4.79 Å². The number of aryl methyl sites for hydroxylation is 1. The predicted molar refractivity (Wildman–Crippen MR) is 98.0 cm³/mol. The first-order chi connectivity index (χ1) is 11.6. The molecule has 0 bridgehead atoms. The second-order valence-electron chi connectivity index (χ2n) is 5.09. The highest BCUT2D eigenvalue weighted by Gasteiger charge is 2.12. The molecule has 0 aliphatic carbocycles. The molecule has 1 amide bonds. The third kappa shape index (κ3) is 3.23. The molecule has 0 aliphatic rings. The van der Waals surface area contributed by atoms with Crippen LogP contribution in [0.3, 0.4) is 0 Å². The summed E-state index contributed by atoms with van der Waals surface area (Å²) in [5.74, 6) is 0.508. The second kappa shape index (κ2) is 7.20. The Hall–Kier alpha value is -2.11. The second-order valence-corrected chi connectivity index (χ2v) is 6.54. The van der Waals surface area contributed by atoms with Gasteiger partial charge in [0.25, 0.3) is 5.91 Å². The Kier molecular flexibility index (Phi) is 5.02. The lowest BCUT2D eigenvalue weighted by Crippen LogP contribution is -2.16. The zero-order valence-corrected chi connectivity index (χ0v) is 15.0. The first-order valence-corrected chi connectivity index (χ1v) is 8.93. The number of fused-ring (bicyclic) bond motifs is 1. The summed E-state index contributed by atoms with van der Waals surface area (Å²) in [6, 6.07) is 12.7. The lowest BCUT2D eigenvalue weighted by Gasteiger charge is -2.07. The number of benzene rings is 2. The van der Waals surface area contributed by atoms with Crippen LogP contribution in [-0.2, 0) is 6.54 Å². The Balaban J connectivity index is 2.15. The van der Waals surface area contributed by atoms with Crippen LogP contribution >= 0.6 is 22.9 Å². The van der Waals surface area contributed by atoms with Gasteiger partial charge in [-0.15, -0.1) is 0 Å². The van der Waals surface area contributed by atoms with Crippen LogP contribution in [0.4, 0.5) is 0 Å². The number of hydrogen-bond donors (Lipinski definition) is 0. The number of halogens is 1. The molecule has 0 unspecified atom stereocenters. The van der Waals surface area contributed by atoms with Gasteiger partial charge in [0.2, 0.25) is 0 Å². The monoisotopic (exact) mass is 360 g/mol. The number of carbonyl (C=O) groups is 1. The van der Waals surface area contributed by atoms with Gasteiger partial charge in [-0.2, -0.15) is 4.99 Å². The zero-order chi connectivity index (χ0) is 17.1. The van der Waals surface area contributed by atoms with Gasteiger partial charge in [0.1, 0.15) is 11.3 Å². The lowest BCUT2D eigenvalue weighted by molar-refractivity contribution is 0.0998. The molecule has 0 saturated heterocycles. The van der Waals surface area contributed by atoms with E-state index >= 15 is 0 Å². The van der Waals surface area contributed by atoms with E-state index in [0.29, 0.717) is 28.5 Å². The summed E-state index contributed by atoms with van der Waals surface area (Å²) in [6.45, 7) is 5.27. The smallest absolute Gasteiger partial charge is 0.279 e. The van der Waals surface area contributed by atoms with Crippen molar-refractivity contribution in [3.63, 3.8) is 0 Å². The molecule has 3 aromatic rings. The number of para-hydroxylation sites is 1. The number of hydrogen-bond acceptors (Lipinski definition) is 3. The van der Waals surface area contributed by atoms with Crippen molar-refractivity contribution in [2.75, 3.05) is 6.61 Å². The highest BCUT2D eigenvalue weighted by Crippen LogP contribution is 2.27. The Morgan fingerprint density at radius 1 is 1.25 bits per heavy atom. The van der Waals surface area contributed by atoms with Gasteiger partial charge in [0.15, 0.2) is 4.80 Å². The van der Waals surface area contributed by atoms with E-state index in [1.54, 1.807) is 24.3 Å². The van der Waals surface area contributed by atoms with Crippen LogP contribution in [-0.4, -0.2) is 17.1 Å². The summed E-state index contributed by atoms with van der Waals surface area (Å²) >= 11 is 7.44.